The minimum absolute atomic E-state index is 0.443. The molecule has 0 atom stereocenters. The molecule has 0 saturated heterocycles. The van der Waals surface area contributed by atoms with E-state index in [2.05, 4.69) is 36.5 Å². The van der Waals surface area contributed by atoms with Crippen LogP contribution < -0.4 is 10.1 Å². The summed E-state index contributed by atoms with van der Waals surface area (Å²) in [7, 11) is 0. The van der Waals surface area contributed by atoms with E-state index in [1.54, 1.807) is 0 Å². The van der Waals surface area contributed by atoms with E-state index in [-0.39, 0.29) is 0 Å². The lowest BCUT2D eigenvalue weighted by atomic mass is 9.98. The van der Waals surface area contributed by atoms with Crippen molar-refractivity contribution in [2.75, 3.05) is 6.54 Å². The summed E-state index contributed by atoms with van der Waals surface area (Å²) in [5.41, 5.74) is 1.31. The molecular formula is C15H23NO. The summed E-state index contributed by atoms with van der Waals surface area (Å²) in [6.07, 6.45) is 6.90. The first-order valence-corrected chi connectivity index (χ1v) is 6.85. The van der Waals surface area contributed by atoms with Crippen LogP contribution in [0.4, 0.5) is 0 Å². The molecule has 1 aromatic rings. The Hall–Kier alpha value is -1.02. The van der Waals surface area contributed by atoms with Crippen LogP contribution in [-0.2, 0) is 6.54 Å². The molecule has 1 fully saturated rings. The van der Waals surface area contributed by atoms with Crippen LogP contribution in [0.25, 0.3) is 0 Å². The van der Waals surface area contributed by atoms with Gasteiger partial charge < -0.3 is 10.1 Å². The van der Waals surface area contributed by atoms with Gasteiger partial charge in [-0.15, -0.1) is 0 Å². The minimum atomic E-state index is 0.443. The molecule has 0 bridgehead atoms. The smallest absolute Gasteiger partial charge is 0.120 e. The normalized spacial score (nSPS) is 17.0. The molecule has 0 unspecified atom stereocenters. The fourth-order valence-corrected chi connectivity index (χ4v) is 2.37. The van der Waals surface area contributed by atoms with E-state index in [9.17, 15) is 0 Å². The number of benzene rings is 1. The van der Waals surface area contributed by atoms with Crippen molar-refractivity contribution >= 4 is 0 Å². The standard InChI is InChI=1S/C15H23NO/c1-2-16-12-13-7-6-10-15(11-13)17-14-8-4-3-5-9-14/h6-7,10-11,14,16H,2-5,8-9,12H2,1H3. The Morgan fingerprint density at radius 1 is 1.24 bits per heavy atom. The van der Waals surface area contributed by atoms with Crippen LogP contribution in [0.5, 0.6) is 5.75 Å². The average Bonchev–Trinajstić information content (AvgIpc) is 2.38. The average molecular weight is 233 g/mol. The van der Waals surface area contributed by atoms with Gasteiger partial charge in [-0.05, 0) is 49.9 Å². The van der Waals surface area contributed by atoms with E-state index in [0.29, 0.717) is 6.10 Å². The third-order valence-corrected chi connectivity index (χ3v) is 3.33. The quantitative estimate of drug-likeness (QED) is 0.840. The monoisotopic (exact) mass is 233 g/mol. The summed E-state index contributed by atoms with van der Waals surface area (Å²) in [4.78, 5) is 0. The van der Waals surface area contributed by atoms with Gasteiger partial charge in [-0.25, -0.2) is 0 Å². The minimum Gasteiger partial charge on any atom is -0.490 e. The highest BCUT2D eigenvalue weighted by Gasteiger charge is 2.14. The largest absolute Gasteiger partial charge is 0.490 e. The zero-order chi connectivity index (χ0) is 11.9. The molecule has 1 aromatic carbocycles. The van der Waals surface area contributed by atoms with Crippen LogP contribution in [0, 0.1) is 0 Å². The molecule has 2 rings (SSSR count). The van der Waals surface area contributed by atoms with Gasteiger partial charge in [0.1, 0.15) is 5.75 Å². The zero-order valence-electron chi connectivity index (χ0n) is 10.7. The molecule has 0 aliphatic heterocycles. The predicted molar refractivity (Wildman–Crippen MR) is 71.3 cm³/mol. The van der Waals surface area contributed by atoms with Gasteiger partial charge in [-0.1, -0.05) is 25.5 Å². The van der Waals surface area contributed by atoms with Gasteiger partial charge in [0.05, 0.1) is 6.10 Å². The molecule has 2 heteroatoms. The molecule has 2 nitrogen and oxygen atoms in total. The zero-order valence-corrected chi connectivity index (χ0v) is 10.7. The molecule has 0 radical (unpaired) electrons. The van der Waals surface area contributed by atoms with Crippen LogP contribution in [0.2, 0.25) is 0 Å². The van der Waals surface area contributed by atoms with E-state index in [4.69, 9.17) is 4.74 Å². The van der Waals surface area contributed by atoms with E-state index < -0.39 is 0 Å². The number of ether oxygens (including phenoxy) is 1. The van der Waals surface area contributed by atoms with Crippen molar-refractivity contribution in [1.82, 2.24) is 5.32 Å². The lowest BCUT2D eigenvalue weighted by Gasteiger charge is -2.23. The fraction of sp³-hybridized carbons (Fsp3) is 0.600. The number of rotatable bonds is 5. The van der Waals surface area contributed by atoms with E-state index in [0.717, 1.165) is 18.8 Å². The molecule has 0 heterocycles. The molecule has 1 N–H and O–H groups in total. The van der Waals surface area contributed by atoms with Crippen molar-refractivity contribution in [2.45, 2.75) is 51.7 Å². The Morgan fingerprint density at radius 3 is 2.82 bits per heavy atom. The molecule has 1 saturated carbocycles. The Morgan fingerprint density at radius 2 is 2.06 bits per heavy atom. The van der Waals surface area contributed by atoms with Crippen molar-refractivity contribution in [2.24, 2.45) is 0 Å². The maximum absolute atomic E-state index is 6.05. The van der Waals surface area contributed by atoms with Crippen molar-refractivity contribution in [3.8, 4) is 5.75 Å². The van der Waals surface area contributed by atoms with Crippen molar-refractivity contribution in [1.29, 1.82) is 0 Å². The number of nitrogens with one attached hydrogen (secondary N) is 1. The van der Waals surface area contributed by atoms with Gasteiger partial charge in [-0.3, -0.25) is 0 Å². The second-order valence-electron chi connectivity index (χ2n) is 4.81. The van der Waals surface area contributed by atoms with Gasteiger partial charge in [0.2, 0.25) is 0 Å². The van der Waals surface area contributed by atoms with Gasteiger partial charge in [-0.2, -0.15) is 0 Å². The fourth-order valence-electron chi connectivity index (χ4n) is 2.37. The topological polar surface area (TPSA) is 21.3 Å². The molecule has 17 heavy (non-hydrogen) atoms. The van der Waals surface area contributed by atoms with Gasteiger partial charge in [0.25, 0.3) is 0 Å². The Balaban J connectivity index is 1.90. The van der Waals surface area contributed by atoms with Crippen LogP contribution >= 0.6 is 0 Å². The second kappa shape index (κ2) is 6.65. The maximum atomic E-state index is 6.05. The Labute approximate surface area is 104 Å². The van der Waals surface area contributed by atoms with E-state index >= 15 is 0 Å². The first kappa shape index (κ1) is 12.4. The molecular weight excluding hydrogens is 210 g/mol. The van der Waals surface area contributed by atoms with Crippen LogP contribution in [-0.4, -0.2) is 12.6 Å². The SMILES string of the molecule is CCNCc1cccc(OC2CCCCC2)c1. The van der Waals surface area contributed by atoms with Gasteiger partial charge in [0.15, 0.2) is 0 Å². The van der Waals surface area contributed by atoms with Crippen molar-refractivity contribution in [3.63, 3.8) is 0 Å². The van der Waals surface area contributed by atoms with Crippen LogP contribution in [0.1, 0.15) is 44.6 Å². The van der Waals surface area contributed by atoms with E-state index in [1.807, 2.05) is 0 Å². The summed E-state index contributed by atoms with van der Waals surface area (Å²) in [5, 5.41) is 3.34. The molecule has 0 amide bonds. The summed E-state index contributed by atoms with van der Waals surface area (Å²) >= 11 is 0. The lowest BCUT2D eigenvalue weighted by molar-refractivity contribution is 0.155. The molecule has 0 spiro atoms. The third kappa shape index (κ3) is 4.04. The molecule has 1 aliphatic carbocycles. The summed E-state index contributed by atoms with van der Waals surface area (Å²) in [5.74, 6) is 1.03. The van der Waals surface area contributed by atoms with Crippen molar-refractivity contribution < 1.29 is 4.74 Å². The van der Waals surface area contributed by atoms with Gasteiger partial charge in [0, 0.05) is 6.54 Å². The highest BCUT2D eigenvalue weighted by atomic mass is 16.5. The Kier molecular flexibility index (Phi) is 4.87. The van der Waals surface area contributed by atoms with Gasteiger partial charge >= 0.3 is 0 Å². The third-order valence-electron chi connectivity index (χ3n) is 3.33. The second-order valence-corrected chi connectivity index (χ2v) is 4.81. The molecule has 1 aliphatic rings. The summed E-state index contributed by atoms with van der Waals surface area (Å²) < 4.78 is 6.05. The van der Waals surface area contributed by atoms with Crippen LogP contribution in [0.3, 0.4) is 0 Å². The Bertz CT molecular complexity index is 331. The number of hydrogen-bond acceptors (Lipinski definition) is 2. The van der Waals surface area contributed by atoms with Crippen LogP contribution in [0.15, 0.2) is 24.3 Å². The van der Waals surface area contributed by atoms with Crippen molar-refractivity contribution in [3.05, 3.63) is 29.8 Å². The maximum Gasteiger partial charge on any atom is 0.120 e. The first-order valence-electron chi connectivity index (χ1n) is 6.85. The highest BCUT2D eigenvalue weighted by Crippen LogP contribution is 2.23. The predicted octanol–water partition coefficient (Wildman–Crippen LogP) is 3.51. The summed E-state index contributed by atoms with van der Waals surface area (Å²) in [6, 6.07) is 8.47. The summed E-state index contributed by atoms with van der Waals surface area (Å²) in [6.45, 7) is 4.06. The first-order chi connectivity index (χ1) is 8.38. The highest BCUT2D eigenvalue weighted by molar-refractivity contribution is 5.28. The molecule has 94 valence electrons. The van der Waals surface area contributed by atoms with E-state index in [1.165, 1.54) is 37.7 Å². The molecule has 0 aromatic heterocycles. The number of hydrogen-bond donors (Lipinski definition) is 1. The lowest BCUT2D eigenvalue weighted by Crippen LogP contribution is -2.19.